The van der Waals surface area contributed by atoms with Crippen molar-refractivity contribution >= 4 is 32.9 Å². The van der Waals surface area contributed by atoms with Gasteiger partial charge in [-0.25, -0.2) is 8.42 Å². The van der Waals surface area contributed by atoms with Crippen LogP contribution < -0.4 is 0 Å². The molecule has 0 radical (unpaired) electrons. The average molecular weight is 388 g/mol. The van der Waals surface area contributed by atoms with Gasteiger partial charge in [0.05, 0.1) is 17.3 Å². The molecule has 0 aliphatic heterocycles. The lowest BCUT2D eigenvalue weighted by molar-refractivity contribution is -0.139. The highest BCUT2D eigenvalue weighted by Gasteiger charge is 2.23. The number of hydrogen-bond donors (Lipinski definition) is 0. The molecule has 6 nitrogen and oxygen atoms in total. The van der Waals surface area contributed by atoms with E-state index in [1.165, 1.54) is 28.6 Å². The minimum absolute atomic E-state index is 0.0620. The largest absolute Gasteiger partial charge is 0.465 e. The van der Waals surface area contributed by atoms with Gasteiger partial charge in [0, 0.05) is 18.7 Å². The molecule has 0 aliphatic carbocycles. The van der Waals surface area contributed by atoms with Crippen LogP contribution in [-0.2, 0) is 19.6 Å². The van der Waals surface area contributed by atoms with Gasteiger partial charge in [0.1, 0.15) is 0 Å². The summed E-state index contributed by atoms with van der Waals surface area (Å²) >= 11 is 0.840. The van der Waals surface area contributed by atoms with E-state index in [4.69, 9.17) is 4.74 Å². The van der Waals surface area contributed by atoms with E-state index >= 15 is 0 Å². The number of sulfonamides is 1. The van der Waals surface area contributed by atoms with Gasteiger partial charge in [-0.2, -0.15) is 4.31 Å². The Kier molecular flexibility index (Phi) is 9.16. The van der Waals surface area contributed by atoms with Crippen LogP contribution in [0.15, 0.2) is 29.2 Å². The van der Waals surface area contributed by atoms with Crippen molar-refractivity contribution < 1.29 is 22.7 Å². The number of carbonyl (C=O) groups excluding carboxylic acids is 2. The van der Waals surface area contributed by atoms with Crippen LogP contribution in [0.3, 0.4) is 0 Å². The summed E-state index contributed by atoms with van der Waals surface area (Å²) in [5, 5.41) is -0.295. The number of ether oxygens (including phenoxy) is 1. The number of nitrogens with zero attached hydrogens (tertiary/aromatic N) is 1. The number of hydrogen-bond acceptors (Lipinski definition) is 6. The molecule has 0 unspecified atom stereocenters. The first-order valence-electron chi connectivity index (χ1n) is 8.29. The highest BCUT2D eigenvalue weighted by molar-refractivity contribution is 8.14. The highest BCUT2D eigenvalue weighted by atomic mass is 32.2. The van der Waals surface area contributed by atoms with Gasteiger partial charge in [-0.1, -0.05) is 25.6 Å². The Bertz CT molecular complexity index is 665. The topological polar surface area (TPSA) is 80.8 Å². The molecule has 8 heteroatoms. The van der Waals surface area contributed by atoms with E-state index in [9.17, 15) is 18.0 Å². The van der Waals surface area contributed by atoms with Gasteiger partial charge in [-0.15, -0.1) is 0 Å². The summed E-state index contributed by atoms with van der Waals surface area (Å²) in [4.78, 5) is 23.5. The fraction of sp³-hybridized carbons (Fsp3) is 0.529. The molecule has 0 amide bonds. The summed E-state index contributed by atoms with van der Waals surface area (Å²) in [6, 6.07) is 5.82. The van der Waals surface area contributed by atoms with Crippen molar-refractivity contribution in [3.63, 3.8) is 0 Å². The van der Waals surface area contributed by atoms with Crippen molar-refractivity contribution in [1.29, 1.82) is 0 Å². The quantitative estimate of drug-likeness (QED) is 0.574. The van der Waals surface area contributed by atoms with Gasteiger partial charge < -0.3 is 4.74 Å². The molecule has 1 rings (SSSR count). The van der Waals surface area contributed by atoms with Crippen LogP contribution in [-0.4, -0.2) is 49.3 Å². The predicted molar refractivity (Wildman–Crippen MR) is 99.2 cm³/mol. The molecule has 0 aliphatic rings. The van der Waals surface area contributed by atoms with E-state index < -0.39 is 16.0 Å². The summed E-state index contributed by atoms with van der Waals surface area (Å²) in [7, 11) is -3.56. The predicted octanol–water partition coefficient (Wildman–Crippen LogP) is 2.93. The van der Waals surface area contributed by atoms with Crippen molar-refractivity contribution in [2.45, 2.75) is 38.5 Å². The maximum absolute atomic E-state index is 12.7. The smallest absolute Gasteiger partial charge is 0.316 e. The number of carbonyl (C=O) groups is 2. The first-order valence-corrected chi connectivity index (χ1v) is 10.7. The number of benzene rings is 1. The molecule has 1 aromatic carbocycles. The van der Waals surface area contributed by atoms with Crippen LogP contribution in [0.2, 0.25) is 0 Å². The molecular weight excluding hydrogens is 362 g/mol. The highest BCUT2D eigenvalue weighted by Crippen LogP contribution is 2.19. The van der Waals surface area contributed by atoms with Crippen LogP contribution in [0.4, 0.5) is 0 Å². The van der Waals surface area contributed by atoms with E-state index in [-0.39, 0.29) is 22.4 Å². The van der Waals surface area contributed by atoms with E-state index in [0.29, 0.717) is 18.7 Å². The van der Waals surface area contributed by atoms with Crippen LogP contribution in [0.25, 0.3) is 0 Å². The van der Waals surface area contributed by atoms with Crippen LogP contribution >= 0.6 is 11.8 Å². The van der Waals surface area contributed by atoms with Crippen molar-refractivity contribution in [1.82, 2.24) is 4.31 Å². The lowest BCUT2D eigenvalue weighted by Gasteiger charge is -2.21. The standard InChI is InChI=1S/C17H25NO5S2/c1-4-11-18(12-5-2)25(21,22)15-9-7-14(8-10-15)17(20)24-13-16(19)23-6-3/h7-10H,4-6,11-13H2,1-3H3. The SMILES string of the molecule is CCCN(CCC)S(=O)(=O)c1ccc(C(=O)SCC(=O)OCC)cc1. The third kappa shape index (κ3) is 6.45. The van der Waals surface area contributed by atoms with Gasteiger partial charge in [0.15, 0.2) is 0 Å². The molecule has 1 aromatic rings. The number of esters is 1. The molecule has 0 spiro atoms. The van der Waals surface area contributed by atoms with Gasteiger partial charge in [-0.3, -0.25) is 9.59 Å². The molecule has 0 saturated heterocycles. The van der Waals surface area contributed by atoms with Gasteiger partial charge in [0.2, 0.25) is 15.1 Å². The first-order chi connectivity index (χ1) is 11.9. The minimum atomic E-state index is -3.56. The zero-order chi connectivity index (χ0) is 18.9. The van der Waals surface area contributed by atoms with Gasteiger partial charge >= 0.3 is 5.97 Å². The van der Waals surface area contributed by atoms with E-state index in [0.717, 1.165) is 24.6 Å². The molecule has 0 saturated carbocycles. The monoisotopic (exact) mass is 387 g/mol. The van der Waals surface area contributed by atoms with Crippen molar-refractivity contribution in [2.75, 3.05) is 25.4 Å². The second kappa shape index (κ2) is 10.6. The molecule has 0 heterocycles. The van der Waals surface area contributed by atoms with Crippen LogP contribution in [0.1, 0.15) is 44.0 Å². The fourth-order valence-electron chi connectivity index (χ4n) is 2.17. The number of thioether (sulfide) groups is 1. The first kappa shape index (κ1) is 21.7. The lowest BCUT2D eigenvalue weighted by Crippen LogP contribution is -2.32. The summed E-state index contributed by atoms with van der Waals surface area (Å²) in [5.41, 5.74) is 0.353. The van der Waals surface area contributed by atoms with Crippen LogP contribution in [0.5, 0.6) is 0 Å². The summed E-state index contributed by atoms with van der Waals surface area (Å²) in [6.07, 6.45) is 1.47. The maximum Gasteiger partial charge on any atom is 0.316 e. The van der Waals surface area contributed by atoms with E-state index in [1.54, 1.807) is 6.92 Å². The molecule has 0 aromatic heterocycles. The molecule has 0 N–H and O–H groups in total. The zero-order valence-corrected chi connectivity index (χ0v) is 16.5. The Morgan fingerprint density at radius 2 is 1.60 bits per heavy atom. The average Bonchev–Trinajstić information content (AvgIpc) is 2.60. The zero-order valence-electron chi connectivity index (χ0n) is 14.9. The van der Waals surface area contributed by atoms with Gasteiger partial charge in [0.25, 0.3) is 0 Å². The molecule has 0 atom stereocenters. The summed E-state index contributed by atoms with van der Waals surface area (Å²) in [5.74, 6) is -0.511. The third-order valence-corrected chi connectivity index (χ3v) is 6.09. The fourth-order valence-corrected chi connectivity index (χ4v) is 4.43. The normalized spacial score (nSPS) is 11.5. The Morgan fingerprint density at radius 3 is 2.08 bits per heavy atom. The van der Waals surface area contributed by atoms with Crippen molar-refractivity contribution in [2.24, 2.45) is 0 Å². The van der Waals surface area contributed by atoms with Crippen molar-refractivity contribution in [3.8, 4) is 0 Å². The Morgan fingerprint density at radius 1 is 1.04 bits per heavy atom. The maximum atomic E-state index is 12.7. The van der Waals surface area contributed by atoms with Gasteiger partial charge in [-0.05, 0) is 44.0 Å². The Balaban J connectivity index is 2.83. The molecule has 0 fully saturated rings. The summed E-state index contributed by atoms with van der Waals surface area (Å²) < 4.78 is 31.5. The number of rotatable bonds is 10. The molecular formula is C17H25NO5S2. The van der Waals surface area contributed by atoms with Crippen LogP contribution in [0, 0.1) is 0 Å². The second-order valence-corrected chi connectivity index (χ2v) is 8.20. The molecule has 140 valence electrons. The van der Waals surface area contributed by atoms with E-state index in [2.05, 4.69) is 0 Å². The summed E-state index contributed by atoms with van der Waals surface area (Å²) in [6.45, 7) is 6.76. The lowest BCUT2D eigenvalue weighted by atomic mass is 10.2. The Labute approximate surface area is 154 Å². The molecule has 25 heavy (non-hydrogen) atoms. The third-order valence-electron chi connectivity index (χ3n) is 3.30. The second-order valence-electron chi connectivity index (χ2n) is 5.31. The minimum Gasteiger partial charge on any atom is -0.465 e. The van der Waals surface area contributed by atoms with Crippen molar-refractivity contribution in [3.05, 3.63) is 29.8 Å². The Hall–Kier alpha value is -1.38. The molecule has 0 bridgehead atoms. The van der Waals surface area contributed by atoms with E-state index in [1.807, 2.05) is 13.8 Å².